The van der Waals surface area contributed by atoms with Gasteiger partial charge in [-0.15, -0.1) is 0 Å². The summed E-state index contributed by atoms with van der Waals surface area (Å²) >= 11 is 6.06. The van der Waals surface area contributed by atoms with Crippen molar-refractivity contribution in [2.45, 2.75) is 38.9 Å². The summed E-state index contributed by atoms with van der Waals surface area (Å²) in [6.45, 7) is 5.05. The van der Waals surface area contributed by atoms with Crippen LogP contribution in [0.3, 0.4) is 0 Å². The lowest BCUT2D eigenvalue weighted by Crippen LogP contribution is -2.23. The highest BCUT2D eigenvalue weighted by molar-refractivity contribution is 7.84. The predicted molar refractivity (Wildman–Crippen MR) is 84.9 cm³/mol. The number of halogens is 1. The third-order valence-corrected chi connectivity index (χ3v) is 5.05. The van der Waals surface area contributed by atoms with E-state index in [0.29, 0.717) is 17.3 Å². The van der Waals surface area contributed by atoms with Crippen molar-refractivity contribution in [1.82, 2.24) is 0 Å². The normalized spacial score (nSPS) is 13.5. The van der Waals surface area contributed by atoms with Crippen molar-refractivity contribution < 1.29 is 4.21 Å². The molecule has 0 amide bonds. The quantitative estimate of drug-likeness (QED) is 0.743. The molecule has 4 heteroatoms. The highest BCUT2D eigenvalue weighted by Gasteiger charge is 2.14. The number of benzene rings is 1. The number of nitrogens with two attached hydrogens (primary N) is 1. The lowest BCUT2D eigenvalue weighted by Gasteiger charge is -2.21. The van der Waals surface area contributed by atoms with Crippen molar-refractivity contribution in [2.24, 2.45) is 11.1 Å². The predicted octanol–water partition coefficient (Wildman–Crippen LogP) is 3.74. The van der Waals surface area contributed by atoms with Crippen LogP contribution in [-0.4, -0.2) is 16.5 Å². The molecule has 1 unspecified atom stereocenters. The SMILES string of the molecule is CC(C)(CN)CCCCS(=O)Cc1ccccc1Cl. The molecule has 1 aromatic carbocycles. The van der Waals surface area contributed by atoms with E-state index in [4.69, 9.17) is 17.3 Å². The Labute approximate surface area is 124 Å². The number of unbranched alkanes of at least 4 members (excludes halogenated alkanes) is 1. The fraction of sp³-hybridized carbons (Fsp3) is 0.600. The maximum absolute atomic E-state index is 12.0. The van der Waals surface area contributed by atoms with E-state index in [1.54, 1.807) is 0 Å². The second-order valence-electron chi connectivity index (χ2n) is 5.71. The molecule has 0 saturated carbocycles. The molecule has 0 aromatic heterocycles. The van der Waals surface area contributed by atoms with Crippen LogP contribution in [0.4, 0.5) is 0 Å². The first-order valence-electron chi connectivity index (χ1n) is 6.73. The van der Waals surface area contributed by atoms with E-state index in [2.05, 4.69) is 13.8 Å². The zero-order valence-electron chi connectivity index (χ0n) is 11.8. The molecule has 1 rings (SSSR count). The molecule has 19 heavy (non-hydrogen) atoms. The second-order valence-corrected chi connectivity index (χ2v) is 7.69. The summed E-state index contributed by atoms with van der Waals surface area (Å²) in [6.07, 6.45) is 3.16. The van der Waals surface area contributed by atoms with E-state index in [1.807, 2.05) is 24.3 Å². The van der Waals surface area contributed by atoms with Crippen LogP contribution in [0.1, 0.15) is 38.7 Å². The zero-order chi connectivity index (χ0) is 14.3. The zero-order valence-corrected chi connectivity index (χ0v) is 13.4. The number of rotatable bonds is 8. The summed E-state index contributed by atoms with van der Waals surface area (Å²) in [5, 5.41) is 0.708. The van der Waals surface area contributed by atoms with Gasteiger partial charge in [0.25, 0.3) is 0 Å². The fourth-order valence-electron chi connectivity index (χ4n) is 1.83. The Hall–Kier alpha value is -0.380. The topological polar surface area (TPSA) is 43.1 Å². The molecule has 1 aromatic rings. The van der Waals surface area contributed by atoms with Crippen LogP contribution in [0.25, 0.3) is 0 Å². The van der Waals surface area contributed by atoms with E-state index in [0.717, 1.165) is 30.6 Å². The van der Waals surface area contributed by atoms with Gasteiger partial charge < -0.3 is 5.73 Å². The van der Waals surface area contributed by atoms with Crippen LogP contribution in [0.15, 0.2) is 24.3 Å². The van der Waals surface area contributed by atoms with E-state index >= 15 is 0 Å². The van der Waals surface area contributed by atoms with Gasteiger partial charge in [-0.2, -0.15) is 0 Å². The van der Waals surface area contributed by atoms with Crippen molar-refractivity contribution in [3.63, 3.8) is 0 Å². The first kappa shape index (κ1) is 16.7. The highest BCUT2D eigenvalue weighted by atomic mass is 35.5. The molecule has 0 heterocycles. The second kappa shape index (κ2) is 8.03. The summed E-state index contributed by atoms with van der Waals surface area (Å²) in [6, 6.07) is 7.61. The molecule has 0 aliphatic heterocycles. The van der Waals surface area contributed by atoms with Crippen LogP contribution in [0.2, 0.25) is 5.02 Å². The largest absolute Gasteiger partial charge is 0.330 e. The summed E-state index contributed by atoms with van der Waals surface area (Å²) in [4.78, 5) is 0. The fourth-order valence-corrected chi connectivity index (χ4v) is 3.38. The van der Waals surface area contributed by atoms with Gasteiger partial charge in [0.1, 0.15) is 0 Å². The van der Waals surface area contributed by atoms with Gasteiger partial charge in [-0.05, 0) is 36.4 Å². The smallest absolute Gasteiger partial charge is 0.0500 e. The molecule has 0 aliphatic carbocycles. The third kappa shape index (κ3) is 6.55. The van der Waals surface area contributed by atoms with E-state index in [1.165, 1.54) is 0 Å². The Kier molecular flexibility index (Phi) is 7.05. The lowest BCUT2D eigenvalue weighted by atomic mass is 9.88. The molecule has 1 atom stereocenters. The molecule has 2 nitrogen and oxygen atoms in total. The van der Waals surface area contributed by atoms with Gasteiger partial charge in [-0.3, -0.25) is 4.21 Å². The molecule has 108 valence electrons. The van der Waals surface area contributed by atoms with Gasteiger partial charge in [0.2, 0.25) is 0 Å². The Morgan fingerprint density at radius 2 is 1.95 bits per heavy atom. The van der Waals surface area contributed by atoms with Crippen molar-refractivity contribution in [3.05, 3.63) is 34.9 Å². The molecule has 0 fully saturated rings. The number of hydrogen-bond donors (Lipinski definition) is 1. The molecule has 2 N–H and O–H groups in total. The molecular weight excluding hydrogens is 278 g/mol. The summed E-state index contributed by atoms with van der Waals surface area (Å²) in [7, 11) is -0.827. The Morgan fingerprint density at radius 1 is 1.26 bits per heavy atom. The van der Waals surface area contributed by atoms with Gasteiger partial charge in [0.05, 0.1) is 0 Å². The standard InChI is InChI=1S/C15H24ClNOS/c1-15(2,12-17)9-5-6-10-19(18)11-13-7-3-4-8-14(13)16/h3-4,7-8H,5-6,9-12,17H2,1-2H3. The molecule has 0 spiro atoms. The monoisotopic (exact) mass is 301 g/mol. The minimum Gasteiger partial charge on any atom is -0.330 e. The van der Waals surface area contributed by atoms with Crippen LogP contribution >= 0.6 is 11.6 Å². The summed E-state index contributed by atoms with van der Waals surface area (Å²) in [5.41, 5.74) is 6.87. The Balaban J connectivity index is 2.28. The first-order chi connectivity index (χ1) is 8.94. The average molecular weight is 302 g/mol. The summed E-state index contributed by atoms with van der Waals surface area (Å²) in [5.74, 6) is 1.30. The Morgan fingerprint density at radius 3 is 2.58 bits per heavy atom. The van der Waals surface area contributed by atoms with Gasteiger partial charge in [-0.25, -0.2) is 0 Å². The van der Waals surface area contributed by atoms with Crippen molar-refractivity contribution in [3.8, 4) is 0 Å². The molecule has 0 radical (unpaired) electrons. The van der Waals surface area contributed by atoms with Gasteiger partial charge >= 0.3 is 0 Å². The molecule has 0 aliphatic rings. The third-order valence-electron chi connectivity index (χ3n) is 3.30. The maximum Gasteiger partial charge on any atom is 0.0500 e. The Bertz CT molecular complexity index is 420. The molecular formula is C15H24ClNOS. The maximum atomic E-state index is 12.0. The lowest BCUT2D eigenvalue weighted by molar-refractivity contribution is 0.336. The van der Waals surface area contributed by atoms with Gasteiger partial charge in [0.15, 0.2) is 0 Å². The van der Waals surface area contributed by atoms with E-state index in [9.17, 15) is 4.21 Å². The van der Waals surface area contributed by atoms with Crippen molar-refractivity contribution in [2.75, 3.05) is 12.3 Å². The van der Waals surface area contributed by atoms with Crippen LogP contribution < -0.4 is 5.73 Å². The average Bonchev–Trinajstić information content (AvgIpc) is 2.38. The summed E-state index contributed by atoms with van der Waals surface area (Å²) < 4.78 is 12.0. The van der Waals surface area contributed by atoms with Gasteiger partial charge in [-0.1, -0.05) is 50.1 Å². The van der Waals surface area contributed by atoms with Crippen LogP contribution in [-0.2, 0) is 16.6 Å². The van der Waals surface area contributed by atoms with Gasteiger partial charge in [0, 0.05) is 27.3 Å². The van der Waals surface area contributed by atoms with E-state index in [-0.39, 0.29) is 5.41 Å². The molecule has 0 bridgehead atoms. The number of hydrogen-bond acceptors (Lipinski definition) is 2. The molecule has 0 saturated heterocycles. The minimum absolute atomic E-state index is 0.199. The van der Waals surface area contributed by atoms with Crippen LogP contribution in [0.5, 0.6) is 0 Å². The highest BCUT2D eigenvalue weighted by Crippen LogP contribution is 2.22. The first-order valence-corrected chi connectivity index (χ1v) is 8.60. The van der Waals surface area contributed by atoms with Crippen molar-refractivity contribution >= 4 is 22.4 Å². The van der Waals surface area contributed by atoms with Crippen molar-refractivity contribution in [1.29, 1.82) is 0 Å². The van der Waals surface area contributed by atoms with E-state index < -0.39 is 10.8 Å². The van der Waals surface area contributed by atoms with Crippen LogP contribution in [0, 0.1) is 5.41 Å². The minimum atomic E-state index is -0.827.